The molecule has 9 heteroatoms. The number of nitrogens with one attached hydrogen (secondary N) is 2. The zero-order valence-corrected chi connectivity index (χ0v) is 17.3. The van der Waals surface area contributed by atoms with Gasteiger partial charge in [0.05, 0.1) is 27.9 Å². The Morgan fingerprint density at radius 2 is 2.00 bits per heavy atom. The second kappa shape index (κ2) is 8.28. The van der Waals surface area contributed by atoms with Crippen LogP contribution in [0.15, 0.2) is 46.8 Å². The lowest BCUT2D eigenvalue weighted by Gasteiger charge is -2.07. The Kier molecular flexibility index (Phi) is 6.03. The maximum absolute atomic E-state index is 12.1. The number of aryl methyl sites for hydroxylation is 1. The first-order valence-electron chi connectivity index (χ1n) is 8.12. The van der Waals surface area contributed by atoms with E-state index in [0.717, 1.165) is 31.9 Å². The molecule has 1 aromatic heterocycles. The SMILES string of the molecule is Cc1ccccc1CNC(=O)CSc1nc2ccc(NS(C)(=O)=O)cc2s1. The highest BCUT2D eigenvalue weighted by molar-refractivity contribution is 8.01. The van der Waals surface area contributed by atoms with Crippen molar-refractivity contribution in [1.82, 2.24) is 10.3 Å². The second-order valence-electron chi connectivity index (χ2n) is 6.03. The van der Waals surface area contributed by atoms with Crippen LogP contribution in [-0.4, -0.2) is 31.3 Å². The van der Waals surface area contributed by atoms with Crippen LogP contribution in [0.25, 0.3) is 10.2 Å². The van der Waals surface area contributed by atoms with E-state index in [2.05, 4.69) is 15.0 Å². The van der Waals surface area contributed by atoms with Gasteiger partial charge in [-0.3, -0.25) is 9.52 Å². The molecule has 1 heterocycles. The molecule has 0 bridgehead atoms. The summed E-state index contributed by atoms with van der Waals surface area (Å²) in [6, 6.07) is 13.1. The third-order valence-corrected chi connectivity index (χ3v) is 6.50. The van der Waals surface area contributed by atoms with E-state index in [4.69, 9.17) is 0 Å². The Bertz CT molecular complexity index is 1080. The number of rotatable bonds is 7. The van der Waals surface area contributed by atoms with Gasteiger partial charge in [0.2, 0.25) is 15.9 Å². The minimum Gasteiger partial charge on any atom is -0.351 e. The van der Waals surface area contributed by atoms with Crippen molar-refractivity contribution in [3.8, 4) is 0 Å². The zero-order chi connectivity index (χ0) is 19.4. The van der Waals surface area contributed by atoms with Gasteiger partial charge in [-0.05, 0) is 36.2 Å². The van der Waals surface area contributed by atoms with E-state index in [0.29, 0.717) is 12.2 Å². The first-order valence-corrected chi connectivity index (χ1v) is 11.8. The average molecular weight is 422 g/mol. The standard InChI is InChI=1S/C18H19N3O3S3/c1-12-5-3-4-6-13(12)10-19-17(22)11-25-18-20-15-8-7-14(9-16(15)26-18)21-27(2,23)24/h3-9,21H,10-11H2,1-2H3,(H,19,22). The van der Waals surface area contributed by atoms with Crippen LogP contribution >= 0.6 is 23.1 Å². The number of benzene rings is 2. The van der Waals surface area contributed by atoms with Gasteiger partial charge in [0.15, 0.2) is 4.34 Å². The predicted octanol–water partition coefficient (Wildman–Crippen LogP) is 3.38. The second-order valence-corrected chi connectivity index (χ2v) is 10.0. The molecule has 6 nitrogen and oxygen atoms in total. The quantitative estimate of drug-likeness (QED) is 0.571. The molecule has 0 saturated heterocycles. The third-order valence-electron chi connectivity index (χ3n) is 3.74. The topological polar surface area (TPSA) is 88.2 Å². The summed E-state index contributed by atoms with van der Waals surface area (Å²) >= 11 is 2.80. The molecular weight excluding hydrogens is 402 g/mol. The number of thiazole rings is 1. The first-order chi connectivity index (χ1) is 12.8. The van der Waals surface area contributed by atoms with E-state index in [-0.39, 0.29) is 11.7 Å². The van der Waals surface area contributed by atoms with Crippen LogP contribution in [-0.2, 0) is 21.4 Å². The van der Waals surface area contributed by atoms with E-state index in [1.807, 2.05) is 31.2 Å². The number of amides is 1. The Balaban J connectivity index is 1.58. The zero-order valence-electron chi connectivity index (χ0n) is 14.9. The molecule has 142 valence electrons. The highest BCUT2D eigenvalue weighted by atomic mass is 32.2. The third kappa shape index (κ3) is 5.69. The normalized spacial score (nSPS) is 11.5. The number of anilines is 1. The molecule has 27 heavy (non-hydrogen) atoms. The van der Waals surface area contributed by atoms with E-state index >= 15 is 0 Å². The first kappa shape index (κ1) is 19.7. The molecule has 0 fully saturated rings. The Morgan fingerprint density at radius 1 is 1.22 bits per heavy atom. The molecular formula is C18H19N3O3S3. The lowest BCUT2D eigenvalue weighted by Crippen LogP contribution is -2.24. The fraction of sp³-hybridized carbons (Fsp3) is 0.222. The summed E-state index contributed by atoms with van der Waals surface area (Å²) in [5.41, 5.74) is 3.53. The minimum atomic E-state index is -3.32. The van der Waals surface area contributed by atoms with Crippen LogP contribution in [0.1, 0.15) is 11.1 Å². The summed E-state index contributed by atoms with van der Waals surface area (Å²) in [5, 5.41) is 2.92. The molecule has 0 saturated carbocycles. The highest BCUT2D eigenvalue weighted by Crippen LogP contribution is 2.31. The molecule has 2 N–H and O–H groups in total. The molecule has 3 rings (SSSR count). The van der Waals surface area contributed by atoms with Gasteiger partial charge >= 0.3 is 0 Å². The van der Waals surface area contributed by atoms with Gasteiger partial charge in [0, 0.05) is 6.54 Å². The van der Waals surface area contributed by atoms with Gasteiger partial charge in [-0.25, -0.2) is 13.4 Å². The monoisotopic (exact) mass is 421 g/mol. The molecule has 0 aliphatic carbocycles. The number of sulfonamides is 1. The fourth-order valence-corrected chi connectivity index (χ4v) is 4.92. The Hall–Kier alpha value is -2.10. The van der Waals surface area contributed by atoms with Crippen LogP contribution in [0.3, 0.4) is 0 Å². The number of carbonyl (C=O) groups is 1. The number of aromatic nitrogens is 1. The molecule has 0 atom stereocenters. The van der Waals surface area contributed by atoms with E-state index in [9.17, 15) is 13.2 Å². The van der Waals surface area contributed by atoms with Crippen molar-refractivity contribution in [2.45, 2.75) is 17.8 Å². The molecule has 0 aliphatic rings. The fourth-order valence-electron chi connectivity index (χ4n) is 2.42. The number of nitrogens with zero attached hydrogens (tertiary/aromatic N) is 1. The van der Waals surface area contributed by atoms with Crippen LogP contribution in [0, 0.1) is 6.92 Å². The summed E-state index contributed by atoms with van der Waals surface area (Å²) < 4.78 is 26.8. The summed E-state index contributed by atoms with van der Waals surface area (Å²) in [6.07, 6.45) is 1.11. The molecule has 2 aromatic carbocycles. The smallest absolute Gasteiger partial charge is 0.230 e. The number of fused-ring (bicyclic) bond motifs is 1. The van der Waals surface area contributed by atoms with Crippen molar-refractivity contribution in [3.63, 3.8) is 0 Å². The van der Waals surface area contributed by atoms with Crippen LogP contribution in [0.2, 0.25) is 0 Å². The van der Waals surface area contributed by atoms with Gasteiger partial charge in [-0.15, -0.1) is 11.3 Å². The lowest BCUT2D eigenvalue weighted by atomic mass is 10.1. The maximum Gasteiger partial charge on any atom is 0.230 e. The molecule has 1 amide bonds. The van der Waals surface area contributed by atoms with Gasteiger partial charge < -0.3 is 5.32 Å². The predicted molar refractivity (Wildman–Crippen MR) is 112 cm³/mol. The average Bonchev–Trinajstić information content (AvgIpc) is 3.00. The molecule has 0 spiro atoms. The van der Waals surface area contributed by atoms with Crippen molar-refractivity contribution in [2.24, 2.45) is 0 Å². The molecule has 0 aliphatic heterocycles. The maximum atomic E-state index is 12.1. The number of carbonyl (C=O) groups excluding carboxylic acids is 1. The summed E-state index contributed by atoms with van der Waals surface area (Å²) in [7, 11) is -3.32. The number of hydrogen-bond donors (Lipinski definition) is 2. The van der Waals surface area contributed by atoms with Gasteiger partial charge in [-0.2, -0.15) is 0 Å². The van der Waals surface area contributed by atoms with Crippen molar-refractivity contribution in [2.75, 3.05) is 16.7 Å². The van der Waals surface area contributed by atoms with Crippen LogP contribution in [0.4, 0.5) is 5.69 Å². The summed E-state index contributed by atoms with van der Waals surface area (Å²) in [6.45, 7) is 2.52. The number of thioether (sulfide) groups is 1. The van der Waals surface area contributed by atoms with Gasteiger partial charge in [0.25, 0.3) is 0 Å². The largest absolute Gasteiger partial charge is 0.351 e. The Labute approximate surface area is 166 Å². The van der Waals surface area contributed by atoms with Crippen molar-refractivity contribution >= 4 is 54.9 Å². The van der Waals surface area contributed by atoms with Crippen LogP contribution in [0.5, 0.6) is 0 Å². The van der Waals surface area contributed by atoms with Crippen molar-refractivity contribution in [1.29, 1.82) is 0 Å². The van der Waals surface area contributed by atoms with Crippen molar-refractivity contribution in [3.05, 3.63) is 53.6 Å². The van der Waals surface area contributed by atoms with Crippen LogP contribution < -0.4 is 10.0 Å². The van der Waals surface area contributed by atoms with E-state index in [1.54, 1.807) is 18.2 Å². The summed E-state index contributed by atoms with van der Waals surface area (Å²) in [5.74, 6) is 0.224. The van der Waals surface area contributed by atoms with E-state index < -0.39 is 10.0 Å². The molecule has 3 aromatic rings. The molecule has 0 unspecified atom stereocenters. The highest BCUT2D eigenvalue weighted by Gasteiger charge is 2.10. The minimum absolute atomic E-state index is 0.0538. The van der Waals surface area contributed by atoms with Gasteiger partial charge in [0.1, 0.15) is 0 Å². The van der Waals surface area contributed by atoms with Crippen molar-refractivity contribution < 1.29 is 13.2 Å². The number of hydrogen-bond acceptors (Lipinski definition) is 6. The molecule has 0 radical (unpaired) electrons. The Morgan fingerprint density at radius 3 is 2.74 bits per heavy atom. The van der Waals surface area contributed by atoms with E-state index in [1.165, 1.54) is 23.1 Å². The van der Waals surface area contributed by atoms with Gasteiger partial charge in [-0.1, -0.05) is 36.0 Å². The summed E-state index contributed by atoms with van der Waals surface area (Å²) in [4.78, 5) is 16.6. The lowest BCUT2D eigenvalue weighted by molar-refractivity contribution is -0.118.